The lowest BCUT2D eigenvalue weighted by Crippen LogP contribution is -2.38. The molecular formula is C19H17N3O5. The van der Waals surface area contributed by atoms with E-state index < -0.39 is 0 Å². The first-order valence-corrected chi connectivity index (χ1v) is 8.51. The maximum Gasteiger partial charge on any atom is 0.316 e. The zero-order valence-electron chi connectivity index (χ0n) is 14.9. The Morgan fingerprint density at radius 3 is 2.37 bits per heavy atom. The summed E-state index contributed by atoms with van der Waals surface area (Å²) in [5.74, 6) is 2.92. The molecule has 0 aliphatic carbocycles. The largest absolute Gasteiger partial charge is 0.710 e. The molecule has 27 heavy (non-hydrogen) atoms. The third kappa shape index (κ3) is 2.57. The van der Waals surface area contributed by atoms with Crippen molar-refractivity contribution < 1.29 is 23.7 Å². The average molecular weight is 367 g/mol. The Balaban J connectivity index is 1.79. The summed E-state index contributed by atoms with van der Waals surface area (Å²) in [6.45, 7) is 0.746. The normalized spacial score (nSPS) is 14.3. The van der Waals surface area contributed by atoms with Crippen LogP contribution in [0.15, 0.2) is 30.3 Å². The molecule has 5 rings (SSSR count). The van der Waals surface area contributed by atoms with Crippen LogP contribution in [0.3, 0.4) is 0 Å². The van der Waals surface area contributed by atoms with E-state index in [1.54, 1.807) is 6.07 Å². The molecule has 2 aliphatic rings. The predicted octanol–water partition coefficient (Wildman–Crippen LogP) is 2.05. The molecule has 0 amide bonds. The van der Waals surface area contributed by atoms with Crippen molar-refractivity contribution >= 4 is 10.9 Å². The van der Waals surface area contributed by atoms with Crippen LogP contribution in [0.2, 0.25) is 0 Å². The quantitative estimate of drug-likeness (QED) is 0.518. The van der Waals surface area contributed by atoms with Crippen molar-refractivity contribution in [2.24, 2.45) is 0 Å². The Bertz CT molecular complexity index is 1070. The van der Waals surface area contributed by atoms with Gasteiger partial charge >= 0.3 is 5.82 Å². The van der Waals surface area contributed by atoms with Crippen LogP contribution in [0.5, 0.6) is 23.0 Å². The summed E-state index contributed by atoms with van der Waals surface area (Å²) in [4.78, 5) is 6.47. The number of nitrogens with zero attached hydrogens (tertiary/aromatic N) is 3. The minimum Gasteiger partial charge on any atom is -0.710 e. The van der Waals surface area contributed by atoms with E-state index >= 15 is 0 Å². The van der Waals surface area contributed by atoms with Gasteiger partial charge < -0.3 is 24.2 Å². The Kier molecular flexibility index (Phi) is 3.48. The molecule has 1 aromatic heterocycles. The number of ether oxygens (including phenoxy) is 4. The van der Waals surface area contributed by atoms with Crippen LogP contribution in [0, 0.1) is 5.21 Å². The fraction of sp³-hybridized carbons (Fsp3) is 0.263. The lowest BCUT2D eigenvalue weighted by atomic mass is 10.0. The van der Waals surface area contributed by atoms with Crippen LogP contribution >= 0.6 is 0 Å². The number of aromatic nitrogens is 2. The summed E-state index contributed by atoms with van der Waals surface area (Å²) in [7, 11) is 3.79. The molecule has 0 fully saturated rings. The Labute approximate surface area is 155 Å². The maximum absolute atomic E-state index is 13.2. The molecule has 0 bridgehead atoms. The number of rotatable bonds is 3. The molecular weight excluding hydrogens is 350 g/mol. The molecule has 3 aromatic rings. The standard InChI is InChI=1S/C19H17N3O5/c1-21(2)8-18-20-13-7-17-16(26-10-27-17)6-12(13)19(22(18)23)11-3-4-14-15(5-11)25-9-24-14/h3-7H,8-10H2,1-2H3. The van der Waals surface area contributed by atoms with Gasteiger partial charge in [-0.05, 0) is 37.3 Å². The van der Waals surface area contributed by atoms with Gasteiger partial charge in [0.05, 0.1) is 5.39 Å². The van der Waals surface area contributed by atoms with Crippen molar-refractivity contribution in [1.29, 1.82) is 0 Å². The summed E-state index contributed by atoms with van der Waals surface area (Å²) in [5, 5.41) is 13.9. The van der Waals surface area contributed by atoms with Crippen LogP contribution in [-0.2, 0) is 6.54 Å². The van der Waals surface area contributed by atoms with Crippen molar-refractivity contribution in [3.8, 4) is 34.3 Å². The summed E-state index contributed by atoms with van der Waals surface area (Å²) in [6.07, 6.45) is 0. The van der Waals surface area contributed by atoms with E-state index in [-0.39, 0.29) is 13.6 Å². The van der Waals surface area contributed by atoms with Crippen molar-refractivity contribution in [3.63, 3.8) is 0 Å². The van der Waals surface area contributed by atoms with Crippen LogP contribution in [0.25, 0.3) is 22.2 Å². The molecule has 0 radical (unpaired) electrons. The molecule has 0 saturated carbocycles. The van der Waals surface area contributed by atoms with Gasteiger partial charge in [-0.25, -0.2) is 4.73 Å². The molecule has 8 nitrogen and oxygen atoms in total. The number of hydrogen-bond acceptors (Lipinski definition) is 7. The molecule has 0 N–H and O–H groups in total. The molecule has 8 heteroatoms. The monoisotopic (exact) mass is 367 g/mol. The summed E-state index contributed by atoms with van der Waals surface area (Å²) >= 11 is 0. The highest BCUT2D eigenvalue weighted by molar-refractivity contribution is 5.93. The summed E-state index contributed by atoms with van der Waals surface area (Å²) in [5.41, 5.74) is 1.89. The van der Waals surface area contributed by atoms with Gasteiger partial charge in [0.2, 0.25) is 13.6 Å². The second-order valence-corrected chi connectivity index (χ2v) is 6.70. The summed E-state index contributed by atoms with van der Waals surface area (Å²) in [6, 6.07) is 9.09. The molecule has 0 saturated heterocycles. The molecule has 2 aliphatic heterocycles. The third-order valence-electron chi connectivity index (χ3n) is 4.54. The average Bonchev–Trinajstić information content (AvgIpc) is 3.28. The Hall–Kier alpha value is -3.26. The molecule has 0 atom stereocenters. The highest BCUT2D eigenvalue weighted by Crippen LogP contribution is 2.40. The van der Waals surface area contributed by atoms with E-state index in [2.05, 4.69) is 4.98 Å². The molecule has 0 unspecified atom stereocenters. The minimum atomic E-state index is 0.160. The first kappa shape index (κ1) is 16.0. The fourth-order valence-electron chi connectivity index (χ4n) is 3.34. The first-order valence-electron chi connectivity index (χ1n) is 8.51. The van der Waals surface area contributed by atoms with Gasteiger partial charge in [0.1, 0.15) is 12.2 Å². The van der Waals surface area contributed by atoms with E-state index in [0.29, 0.717) is 52.0 Å². The van der Waals surface area contributed by atoms with E-state index in [0.717, 1.165) is 10.3 Å². The van der Waals surface area contributed by atoms with Crippen molar-refractivity contribution in [2.75, 3.05) is 27.7 Å². The number of fused-ring (bicyclic) bond motifs is 3. The van der Waals surface area contributed by atoms with E-state index in [4.69, 9.17) is 18.9 Å². The van der Waals surface area contributed by atoms with Gasteiger partial charge in [-0.15, -0.1) is 0 Å². The smallest absolute Gasteiger partial charge is 0.316 e. The fourth-order valence-corrected chi connectivity index (χ4v) is 3.34. The van der Waals surface area contributed by atoms with Crippen molar-refractivity contribution in [3.05, 3.63) is 41.4 Å². The van der Waals surface area contributed by atoms with Gasteiger partial charge in [-0.3, -0.25) is 4.90 Å². The lowest BCUT2D eigenvalue weighted by Gasteiger charge is -2.16. The first-order chi connectivity index (χ1) is 13.1. The molecule has 3 heterocycles. The number of hydrogen-bond donors (Lipinski definition) is 0. The highest BCUT2D eigenvalue weighted by atomic mass is 16.7. The van der Waals surface area contributed by atoms with E-state index in [1.165, 1.54) is 0 Å². The van der Waals surface area contributed by atoms with Gasteiger partial charge in [0.15, 0.2) is 28.5 Å². The van der Waals surface area contributed by atoms with Gasteiger partial charge in [-0.1, -0.05) is 0 Å². The minimum absolute atomic E-state index is 0.160. The van der Waals surface area contributed by atoms with Gasteiger partial charge in [0, 0.05) is 17.7 Å². The van der Waals surface area contributed by atoms with Crippen molar-refractivity contribution in [1.82, 2.24) is 9.88 Å². The zero-order valence-corrected chi connectivity index (χ0v) is 14.9. The summed E-state index contributed by atoms with van der Waals surface area (Å²) < 4.78 is 22.7. The van der Waals surface area contributed by atoms with Gasteiger partial charge in [0.25, 0.3) is 0 Å². The molecule has 138 valence electrons. The second kappa shape index (κ2) is 5.88. The SMILES string of the molecule is CN(C)Cc1nc2cc3c(cc2c(-c2ccc4c(c2)OCO4)[n+]1[O-])OCO3. The van der Waals surface area contributed by atoms with Crippen LogP contribution in [0.4, 0.5) is 0 Å². The van der Waals surface area contributed by atoms with Gasteiger partial charge in [-0.2, -0.15) is 0 Å². The Morgan fingerprint density at radius 1 is 0.963 bits per heavy atom. The molecule has 2 aromatic carbocycles. The predicted molar refractivity (Wildman–Crippen MR) is 95.8 cm³/mol. The Morgan fingerprint density at radius 2 is 1.63 bits per heavy atom. The third-order valence-corrected chi connectivity index (χ3v) is 4.54. The number of benzene rings is 2. The van der Waals surface area contributed by atoms with E-state index in [9.17, 15) is 5.21 Å². The van der Waals surface area contributed by atoms with Crippen molar-refractivity contribution in [2.45, 2.75) is 6.54 Å². The maximum atomic E-state index is 13.2. The highest BCUT2D eigenvalue weighted by Gasteiger charge is 2.26. The zero-order chi connectivity index (χ0) is 18.5. The van der Waals surface area contributed by atoms with Crippen LogP contribution in [-0.4, -0.2) is 37.6 Å². The second-order valence-electron chi connectivity index (χ2n) is 6.70. The van der Waals surface area contributed by atoms with Crippen LogP contribution in [0.1, 0.15) is 5.82 Å². The molecule has 0 spiro atoms. The van der Waals surface area contributed by atoms with E-state index in [1.807, 2.05) is 43.3 Å². The lowest BCUT2D eigenvalue weighted by molar-refractivity contribution is -0.605. The topological polar surface area (TPSA) is 80.0 Å². The van der Waals surface area contributed by atoms with Crippen LogP contribution < -0.4 is 23.7 Å².